The fourth-order valence-corrected chi connectivity index (χ4v) is 4.02. The first-order valence-corrected chi connectivity index (χ1v) is 8.73. The summed E-state index contributed by atoms with van der Waals surface area (Å²) < 4.78 is 22.2. The first kappa shape index (κ1) is 13.3. The molecule has 0 aromatic carbocycles. The van der Waals surface area contributed by atoms with Gasteiger partial charge in [-0.3, -0.25) is 0 Å². The molecule has 0 saturated carbocycles. The van der Waals surface area contributed by atoms with Gasteiger partial charge in [0.1, 0.15) is 9.84 Å². The van der Waals surface area contributed by atoms with Crippen LogP contribution in [-0.4, -0.2) is 44.5 Å². The summed E-state index contributed by atoms with van der Waals surface area (Å²) in [5.41, 5.74) is 0. The standard InChI is InChI=1S/C10H21NO2S2/c1-3-5-11-10-8-14-7-9(10)4-6-15(2,12)13/h9-11H,3-8H2,1-2H3. The predicted molar refractivity (Wildman–Crippen MR) is 67.2 cm³/mol. The van der Waals surface area contributed by atoms with Gasteiger partial charge in [0.05, 0.1) is 5.75 Å². The van der Waals surface area contributed by atoms with Crippen molar-refractivity contribution in [2.24, 2.45) is 5.92 Å². The summed E-state index contributed by atoms with van der Waals surface area (Å²) >= 11 is 1.93. The van der Waals surface area contributed by atoms with E-state index in [1.807, 2.05) is 11.8 Å². The van der Waals surface area contributed by atoms with Crippen molar-refractivity contribution in [1.29, 1.82) is 0 Å². The summed E-state index contributed by atoms with van der Waals surface area (Å²) in [6, 6.07) is 0.525. The van der Waals surface area contributed by atoms with Crippen LogP contribution in [-0.2, 0) is 9.84 Å². The summed E-state index contributed by atoms with van der Waals surface area (Å²) in [7, 11) is -2.79. The third-order valence-electron chi connectivity index (χ3n) is 2.71. The van der Waals surface area contributed by atoms with Crippen LogP contribution in [0.3, 0.4) is 0 Å². The van der Waals surface area contributed by atoms with Gasteiger partial charge in [-0.15, -0.1) is 0 Å². The van der Waals surface area contributed by atoms with Crippen LogP contribution in [0.1, 0.15) is 19.8 Å². The molecule has 1 saturated heterocycles. The molecule has 90 valence electrons. The van der Waals surface area contributed by atoms with Crippen LogP contribution in [0.15, 0.2) is 0 Å². The molecule has 1 aliphatic rings. The fraction of sp³-hybridized carbons (Fsp3) is 1.00. The fourth-order valence-electron chi connectivity index (χ4n) is 1.80. The average Bonchev–Trinajstić information content (AvgIpc) is 2.57. The molecule has 3 nitrogen and oxygen atoms in total. The second kappa shape index (κ2) is 6.11. The van der Waals surface area contributed by atoms with E-state index in [2.05, 4.69) is 12.2 Å². The third kappa shape index (κ3) is 5.22. The molecule has 0 aromatic heterocycles. The van der Waals surface area contributed by atoms with Crippen LogP contribution >= 0.6 is 11.8 Å². The highest BCUT2D eigenvalue weighted by molar-refractivity contribution is 7.99. The Morgan fingerprint density at radius 2 is 2.13 bits per heavy atom. The number of sulfone groups is 1. The topological polar surface area (TPSA) is 46.2 Å². The minimum atomic E-state index is -2.79. The van der Waals surface area contributed by atoms with Crippen molar-refractivity contribution in [3.8, 4) is 0 Å². The van der Waals surface area contributed by atoms with Gasteiger partial charge in [-0.1, -0.05) is 6.92 Å². The van der Waals surface area contributed by atoms with E-state index in [1.165, 1.54) is 6.26 Å². The van der Waals surface area contributed by atoms with Crippen molar-refractivity contribution in [3.63, 3.8) is 0 Å². The molecule has 0 aromatic rings. The Morgan fingerprint density at radius 3 is 2.73 bits per heavy atom. The number of thioether (sulfide) groups is 1. The molecule has 2 atom stereocenters. The Kier molecular flexibility index (Phi) is 5.43. The van der Waals surface area contributed by atoms with Crippen LogP contribution < -0.4 is 5.32 Å². The normalized spacial score (nSPS) is 27.1. The first-order chi connectivity index (χ1) is 7.03. The third-order valence-corrected chi connectivity index (χ3v) is 4.95. The molecule has 1 aliphatic heterocycles. The van der Waals surface area contributed by atoms with E-state index in [1.54, 1.807) is 0 Å². The Bertz CT molecular complexity index is 277. The maximum absolute atomic E-state index is 11.1. The van der Waals surface area contributed by atoms with E-state index in [9.17, 15) is 8.42 Å². The van der Waals surface area contributed by atoms with E-state index in [-0.39, 0.29) is 0 Å². The van der Waals surface area contributed by atoms with E-state index in [4.69, 9.17) is 0 Å². The average molecular weight is 251 g/mol. The maximum Gasteiger partial charge on any atom is 0.147 e. The molecule has 0 spiro atoms. The monoisotopic (exact) mass is 251 g/mol. The molecule has 0 radical (unpaired) electrons. The van der Waals surface area contributed by atoms with Gasteiger partial charge >= 0.3 is 0 Å². The number of hydrogen-bond acceptors (Lipinski definition) is 4. The van der Waals surface area contributed by atoms with Gasteiger partial charge in [-0.2, -0.15) is 11.8 Å². The van der Waals surface area contributed by atoms with Gasteiger partial charge in [-0.25, -0.2) is 8.42 Å². The van der Waals surface area contributed by atoms with E-state index < -0.39 is 9.84 Å². The van der Waals surface area contributed by atoms with E-state index in [0.29, 0.717) is 17.7 Å². The van der Waals surface area contributed by atoms with Crippen molar-refractivity contribution in [1.82, 2.24) is 5.32 Å². The van der Waals surface area contributed by atoms with Gasteiger partial charge in [0.25, 0.3) is 0 Å². The Labute approximate surface area is 97.3 Å². The van der Waals surface area contributed by atoms with Crippen LogP contribution in [0, 0.1) is 5.92 Å². The van der Waals surface area contributed by atoms with E-state index in [0.717, 1.165) is 30.9 Å². The van der Waals surface area contributed by atoms with Gasteiger partial charge in [-0.05, 0) is 31.1 Å². The van der Waals surface area contributed by atoms with Crippen LogP contribution in [0.4, 0.5) is 0 Å². The van der Waals surface area contributed by atoms with Crippen molar-refractivity contribution in [2.45, 2.75) is 25.8 Å². The molecule has 1 heterocycles. The summed E-state index contributed by atoms with van der Waals surface area (Å²) in [5.74, 6) is 3.12. The summed E-state index contributed by atoms with van der Waals surface area (Å²) in [4.78, 5) is 0. The number of nitrogens with one attached hydrogen (secondary N) is 1. The smallest absolute Gasteiger partial charge is 0.147 e. The van der Waals surface area contributed by atoms with Gasteiger partial charge in [0.2, 0.25) is 0 Å². The lowest BCUT2D eigenvalue weighted by Crippen LogP contribution is -2.36. The second-order valence-corrected chi connectivity index (χ2v) is 7.61. The SMILES string of the molecule is CCCNC1CSCC1CCS(C)(=O)=O. The Morgan fingerprint density at radius 1 is 1.40 bits per heavy atom. The molecule has 0 aliphatic carbocycles. The lowest BCUT2D eigenvalue weighted by atomic mass is 10.0. The molecular weight excluding hydrogens is 230 g/mol. The molecule has 5 heteroatoms. The Balaban J connectivity index is 2.33. The lowest BCUT2D eigenvalue weighted by molar-refractivity contribution is 0.417. The predicted octanol–water partition coefficient (Wildman–Crippen LogP) is 1.15. The molecule has 1 N–H and O–H groups in total. The maximum atomic E-state index is 11.1. The lowest BCUT2D eigenvalue weighted by Gasteiger charge is -2.19. The minimum Gasteiger partial charge on any atom is -0.313 e. The van der Waals surface area contributed by atoms with Crippen LogP contribution in [0.2, 0.25) is 0 Å². The summed E-state index contributed by atoms with van der Waals surface area (Å²) in [5, 5.41) is 3.50. The molecule has 15 heavy (non-hydrogen) atoms. The van der Waals surface area contributed by atoms with Gasteiger partial charge < -0.3 is 5.32 Å². The van der Waals surface area contributed by atoms with Gasteiger partial charge in [0, 0.05) is 18.1 Å². The number of rotatable bonds is 6. The highest BCUT2D eigenvalue weighted by atomic mass is 32.2. The zero-order valence-corrected chi connectivity index (χ0v) is 11.2. The molecule has 2 unspecified atom stereocenters. The molecular formula is C10H21NO2S2. The van der Waals surface area contributed by atoms with E-state index >= 15 is 0 Å². The largest absolute Gasteiger partial charge is 0.313 e. The van der Waals surface area contributed by atoms with Crippen LogP contribution in [0.25, 0.3) is 0 Å². The zero-order chi connectivity index (χ0) is 11.3. The first-order valence-electron chi connectivity index (χ1n) is 5.52. The molecule has 1 fully saturated rings. The molecule has 0 bridgehead atoms. The second-order valence-electron chi connectivity index (χ2n) is 4.28. The molecule has 0 amide bonds. The van der Waals surface area contributed by atoms with Crippen LogP contribution in [0.5, 0.6) is 0 Å². The highest BCUT2D eigenvalue weighted by Gasteiger charge is 2.27. The molecule has 1 rings (SSSR count). The van der Waals surface area contributed by atoms with Gasteiger partial charge in [0.15, 0.2) is 0 Å². The van der Waals surface area contributed by atoms with Crippen molar-refractivity contribution in [2.75, 3.05) is 30.1 Å². The van der Waals surface area contributed by atoms with Crippen molar-refractivity contribution in [3.05, 3.63) is 0 Å². The number of hydrogen-bond donors (Lipinski definition) is 1. The zero-order valence-electron chi connectivity index (χ0n) is 9.53. The quantitative estimate of drug-likeness (QED) is 0.769. The highest BCUT2D eigenvalue weighted by Crippen LogP contribution is 2.27. The van der Waals surface area contributed by atoms with Crippen molar-refractivity contribution >= 4 is 21.6 Å². The summed E-state index contributed by atoms with van der Waals surface area (Å²) in [6.45, 7) is 3.20. The Hall–Kier alpha value is 0.260. The van der Waals surface area contributed by atoms with Crippen molar-refractivity contribution < 1.29 is 8.42 Å². The minimum absolute atomic E-state index is 0.336. The summed E-state index contributed by atoms with van der Waals surface area (Å²) in [6.07, 6.45) is 3.27.